The van der Waals surface area contributed by atoms with Crippen LogP contribution < -0.4 is 10.7 Å². The number of benzene rings is 1. The van der Waals surface area contributed by atoms with Gasteiger partial charge in [0.25, 0.3) is 11.8 Å². The third-order valence-corrected chi connectivity index (χ3v) is 4.55. The van der Waals surface area contributed by atoms with E-state index in [1.165, 1.54) is 0 Å². The van der Waals surface area contributed by atoms with Crippen molar-refractivity contribution in [1.82, 2.24) is 20.7 Å². The van der Waals surface area contributed by atoms with Crippen molar-refractivity contribution in [3.63, 3.8) is 0 Å². The lowest BCUT2D eigenvalue weighted by Crippen LogP contribution is -2.49. The van der Waals surface area contributed by atoms with Crippen LogP contribution in [-0.4, -0.2) is 33.4 Å². The van der Waals surface area contributed by atoms with Gasteiger partial charge >= 0.3 is 12.2 Å². The van der Waals surface area contributed by atoms with Gasteiger partial charge in [0, 0.05) is 6.20 Å². The van der Waals surface area contributed by atoms with E-state index in [1.807, 2.05) is 30.3 Å². The predicted molar refractivity (Wildman–Crippen MR) is 95.3 cm³/mol. The average Bonchev–Trinajstić information content (AvgIpc) is 2.90. The van der Waals surface area contributed by atoms with Gasteiger partial charge in [-0.05, 0) is 37.5 Å². The summed E-state index contributed by atoms with van der Waals surface area (Å²) in [6.07, 6.45) is -3.09. The number of carbonyl (C=O) groups is 3. The van der Waals surface area contributed by atoms with Gasteiger partial charge in [-0.2, -0.15) is 18.2 Å². The Labute approximate surface area is 163 Å². The van der Waals surface area contributed by atoms with Gasteiger partial charge in [-0.3, -0.25) is 20.0 Å². The Kier molecular flexibility index (Phi) is 5.27. The molecule has 7 nitrogen and oxygen atoms in total. The second kappa shape index (κ2) is 7.53. The summed E-state index contributed by atoms with van der Waals surface area (Å²) in [6, 6.07) is 10.1. The smallest absolute Gasteiger partial charge is 0.322 e. The van der Waals surface area contributed by atoms with Crippen molar-refractivity contribution in [2.24, 2.45) is 0 Å². The zero-order valence-electron chi connectivity index (χ0n) is 15.3. The number of halogens is 3. The largest absolute Gasteiger partial charge is 0.433 e. The molecule has 2 aromatic rings. The molecule has 2 N–H and O–H groups in total. The topological polar surface area (TPSA) is 91.4 Å². The summed E-state index contributed by atoms with van der Waals surface area (Å²) < 4.78 is 37.7. The number of nitrogens with zero attached hydrogens (tertiary/aromatic N) is 2. The molecular weight excluding hydrogens is 389 g/mol. The SMILES string of the molecule is CC1(CCc2ccccc2)NC(=O)N(NC(=O)c2ccc(C(F)(F)F)nc2)C1=O. The first kappa shape index (κ1) is 20.3. The number of urea groups is 1. The minimum Gasteiger partial charge on any atom is -0.322 e. The monoisotopic (exact) mass is 406 g/mol. The molecule has 4 amide bonds. The van der Waals surface area contributed by atoms with E-state index < -0.39 is 35.3 Å². The van der Waals surface area contributed by atoms with Crippen LogP contribution in [0.3, 0.4) is 0 Å². The van der Waals surface area contributed by atoms with Crippen molar-refractivity contribution in [3.05, 3.63) is 65.5 Å². The van der Waals surface area contributed by atoms with Crippen molar-refractivity contribution in [2.45, 2.75) is 31.5 Å². The summed E-state index contributed by atoms with van der Waals surface area (Å²) in [4.78, 5) is 40.3. The highest BCUT2D eigenvalue weighted by atomic mass is 19.4. The molecule has 1 aliphatic heterocycles. The molecule has 3 rings (SSSR count). The highest BCUT2D eigenvalue weighted by Gasteiger charge is 2.48. The van der Waals surface area contributed by atoms with Gasteiger partial charge in [0.15, 0.2) is 0 Å². The molecule has 1 atom stereocenters. The molecule has 0 aliphatic carbocycles. The summed E-state index contributed by atoms with van der Waals surface area (Å²) in [6.45, 7) is 1.54. The predicted octanol–water partition coefficient (Wildman–Crippen LogP) is 2.69. The van der Waals surface area contributed by atoms with E-state index in [-0.39, 0.29) is 5.56 Å². The van der Waals surface area contributed by atoms with E-state index in [0.717, 1.165) is 17.8 Å². The van der Waals surface area contributed by atoms with E-state index in [4.69, 9.17) is 0 Å². The van der Waals surface area contributed by atoms with Crippen LogP contribution in [0.5, 0.6) is 0 Å². The maximum Gasteiger partial charge on any atom is 0.433 e. The minimum atomic E-state index is -4.64. The van der Waals surface area contributed by atoms with E-state index >= 15 is 0 Å². The van der Waals surface area contributed by atoms with Gasteiger partial charge in [-0.25, -0.2) is 4.79 Å². The van der Waals surface area contributed by atoms with Crippen LogP contribution in [0.1, 0.15) is 35.0 Å². The van der Waals surface area contributed by atoms with Crippen LogP contribution in [0.15, 0.2) is 48.7 Å². The van der Waals surface area contributed by atoms with Crippen LogP contribution in [-0.2, 0) is 17.4 Å². The number of nitrogens with one attached hydrogen (secondary N) is 2. The standard InChI is InChI=1S/C19H17F3N4O3/c1-18(10-9-12-5-3-2-4-6-12)16(28)26(17(29)24-18)25-15(27)13-7-8-14(23-11-13)19(20,21)22/h2-8,11H,9-10H2,1H3,(H,24,29)(H,25,27). The molecule has 10 heteroatoms. The Bertz CT molecular complexity index is 932. The quantitative estimate of drug-likeness (QED) is 0.747. The number of pyridine rings is 1. The fraction of sp³-hybridized carbons (Fsp3) is 0.263. The first-order valence-electron chi connectivity index (χ1n) is 8.65. The lowest BCUT2D eigenvalue weighted by atomic mass is 9.93. The third kappa shape index (κ3) is 4.36. The Hall–Kier alpha value is -3.43. The summed E-state index contributed by atoms with van der Waals surface area (Å²) in [7, 11) is 0. The van der Waals surface area contributed by atoms with E-state index in [9.17, 15) is 27.6 Å². The molecule has 1 aliphatic rings. The molecule has 0 radical (unpaired) electrons. The molecule has 2 heterocycles. The molecule has 1 fully saturated rings. The molecular formula is C19H17F3N4O3. The number of aryl methyl sites for hydroxylation is 1. The van der Waals surface area contributed by atoms with E-state index in [0.29, 0.717) is 23.9 Å². The first-order valence-corrected chi connectivity index (χ1v) is 8.65. The number of imide groups is 1. The molecule has 0 spiro atoms. The lowest BCUT2D eigenvalue weighted by Gasteiger charge is -2.21. The van der Waals surface area contributed by atoms with Gasteiger partial charge < -0.3 is 5.32 Å². The summed E-state index contributed by atoms with van der Waals surface area (Å²) in [5, 5.41) is 3.08. The molecule has 1 saturated heterocycles. The normalized spacial score (nSPS) is 19.2. The summed E-state index contributed by atoms with van der Waals surface area (Å²) >= 11 is 0. The van der Waals surface area contributed by atoms with Crippen molar-refractivity contribution in [3.8, 4) is 0 Å². The molecule has 152 valence electrons. The molecule has 29 heavy (non-hydrogen) atoms. The molecule has 1 aromatic carbocycles. The molecule has 1 unspecified atom stereocenters. The maximum atomic E-state index is 12.7. The number of hydrazine groups is 1. The number of hydrogen-bond acceptors (Lipinski definition) is 4. The number of aromatic nitrogens is 1. The van der Waals surface area contributed by atoms with Crippen LogP contribution in [0.25, 0.3) is 0 Å². The highest BCUT2D eigenvalue weighted by Crippen LogP contribution is 2.27. The Morgan fingerprint density at radius 1 is 1.17 bits per heavy atom. The zero-order valence-corrected chi connectivity index (χ0v) is 15.3. The first-order chi connectivity index (χ1) is 13.6. The van der Waals surface area contributed by atoms with Gasteiger partial charge in [0.2, 0.25) is 0 Å². The van der Waals surface area contributed by atoms with Gasteiger partial charge in [-0.15, -0.1) is 0 Å². The van der Waals surface area contributed by atoms with Crippen molar-refractivity contribution in [1.29, 1.82) is 0 Å². The number of rotatable bonds is 5. The average molecular weight is 406 g/mol. The number of carbonyl (C=O) groups excluding carboxylic acids is 3. The van der Waals surface area contributed by atoms with Gasteiger partial charge in [0.1, 0.15) is 11.2 Å². The second-order valence-corrected chi connectivity index (χ2v) is 6.76. The van der Waals surface area contributed by atoms with E-state index in [2.05, 4.69) is 15.7 Å². The van der Waals surface area contributed by atoms with Gasteiger partial charge in [-0.1, -0.05) is 30.3 Å². The molecule has 1 aromatic heterocycles. The molecule has 0 saturated carbocycles. The zero-order chi connectivity index (χ0) is 21.2. The van der Waals surface area contributed by atoms with Crippen molar-refractivity contribution < 1.29 is 27.6 Å². The Morgan fingerprint density at radius 3 is 2.45 bits per heavy atom. The summed E-state index contributed by atoms with van der Waals surface area (Å²) in [5.74, 6) is -1.59. The number of amides is 4. The van der Waals surface area contributed by atoms with E-state index in [1.54, 1.807) is 6.92 Å². The second-order valence-electron chi connectivity index (χ2n) is 6.76. The Balaban J connectivity index is 1.67. The minimum absolute atomic E-state index is 0.225. The number of alkyl halides is 3. The van der Waals surface area contributed by atoms with Crippen LogP contribution in [0.4, 0.5) is 18.0 Å². The van der Waals surface area contributed by atoms with Crippen LogP contribution >= 0.6 is 0 Å². The summed E-state index contributed by atoms with van der Waals surface area (Å²) in [5.41, 5.74) is 0.494. The maximum absolute atomic E-state index is 12.7. The fourth-order valence-electron chi connectivity index (χ4n) is 2.86. The van der Waals surface area contributed by atoms with Crippen molar-refractivity contribution >= 4 is 17.8 Å². The Morgan fingerprint density at radius 2 is 1.86 bits per heavy atom. The van der Waals surface area contributed by atoms with Crippen molar-refractivity contribution in [2.75, 3.05) is 0 Å². The van der Waals surface area contributed by atoms with Crippen LogP contribution in [0, 0.1) is 0 Å². The van der Waals surface area contributed by atoms with Crippen LogP contribution in [0.2, 0.25) is 0 Å². The molecule has 0 bridgehead atoms. The van der Waals surface area contributed by atoms with Gasteiger partial charge in [0.05, 0.1) is 5.56 Å². The number of hydrogen-bond donors (Lipinski definition) is 2. The lowest BCUT2D eigenvalue weighted by molar-refractivity contribution is -0.141. The fourth-order valence-corrected chi connectivity index (χ4v) is 2.86. The highest BCUT2D eigenvalue weighted by molar-refractivity contribution is 6.09. The third-order valence-electron chi connectivity index (χ3n) is 4.55.